The van der Waals surface area contributed by atoms with Crippen LogP contribution in [0, 0.1) is 5.92 Å². The van der Waals surface area contributed by atoms with Crippen molar-refractivity contribution < 1.29 is 17.9 Å². The van der Waals surface area contributed by atoms with Crippen molar-refractivity contribution in [2.75, 3.05) is 20.2 Å². The predicted molar refractivity (Wildman–Crippen MR) is 118 cm³/mol. The number of amides is 1. The molecule has 0 saturated carbocycles. The number of methoxy groups -OCH3 is 1. The number of rotatable bonds is 6. The summed E-state index contributed by atoms with van der Waals surface area (Å²) in [6, 6.07) is 12.5. The molecule has 9 heteroatoms. The molecule has 156 valence electrons. The van der Waals surface area contributed by atoms with Gasteiger partial charge in [-0.15, -0.1) is 0 Å². The molecule has 0 spiro atoms. The SMILES string of the molecule is COc1ccccc1CNC(=O)C1CCN(S(=O)(=O)c2cc(Br)cc(Br)c2)CC1. The zero-order valence-corrected chi connectivity index (χ0v) is 19.9. The minimum absolute atomic E-state index is 0.0573. The lowest BCUT2D eigenvalue weighted by Gasteiger charge is -2.30. The van der Waals surface area contributed by atoms with Crippen LogP contribution in [0.1, 0.15) is 18.4 Å². The third-order valence-corrected chi connectivity index (χ3v) is 7.74. The summed E-state index contributed by atoms with van der Waals surface area (Å²) < 4.78 is 34.0. The Morgan fingerprint density at radius 1 is 1.14 bits per heavy atom. The van der Waals surface area contributed by atoms with Crippen LogP contribution in [-0.2, 0) is 21.4 Å². The summed E-state index contributed by atoms with van der Waals surface area (Å²) in [6.07, 6.45) is 0.984. The van der Waals surface area contributed by atoms with Crippen LogP contribution in [0.4, 0.5) is 0 Å². The van der Waals surface area contributed by atoms with E-state index in [0.717, 1.165) is 11.3 Å². The molecule has 2 aromatic carbocycles. The number of piperidine rings is 1. The van der Waals surface area contributed by atoms with E-state index < -0.39 is 10.0 Å². The third kappa shape index (κ3) is 5.39. The normalized spacial score (nSPS) is 15.8. The van der Waals surface area contributed by atoms with Crippen molar-refractivity contribution in [1.82, 2.24) is 9.62 Å². The van der Waals surface area contributed by atoms with Crippen molar-refractivity contribution >= 4 is 47.8 Å². The van der Waals surface area contributed by atoms with E-state index in [1.807, 2.05) is 24.3 Å². The van der Waals surface area contributed by atoms with E-state index >= 15 is 0 Å². The molecule has 1 aliphatic heterocycles. The fraction of sp³-hybridized carbons (Fsp3) is 0.350. The second kappa shape index (κ2) is 9.59. The van der Waals surface area contributed by atoms with Crippen LogP contribution < -0.4 is 10.1 Å². The van der Waals surface area contributed by atoms with Crippen molar-refractivity contribution in [3.63, 3.8) is 0 Å². The Morgan fingerprint density at radius 2 is 1.76 bits per heavy atom. The van der Waals surface area contributed by atoms with Gasteiger partial charge in [0, 0.05) is 40.1 Å². The van der Waals surface area contributed by atoms with Crippen LogP contribution in [0.3, 0.4) is 0 Å². The summed E-state index contributed by atoms with van der Waals surface area (Å²) in [7, 11) is -2.00. The molecule has 0 aromatic heterocycles. The van der Waals surface area contributed by atoms with Gasteiger partial charge in [-0.1, -0.05) is 50.1 Å². The Hall–Kier alpha value is -1.42. The van der Waals surface area contributed by atoms with Crippen LogP contribution in [0.5, 0.6) is 5.75 Å². The largest absolute Gasteiger partial charge is 0.496 e. The number of ether oxygens (including phenoxy) is 1. The minimum atomic E-state index is -3.60. The lowest BCUT2D eigenvalue weighted by Crippen LogP contribution is -2.42. The first-order chi connectivity index (χ1) is 13.8. The van der Waals surface area contributed by atoms with Gasteiger partial charge in [0.2, 0.25) is 15.9 Å². The van der Waals surface area contributed by atoms with Crippen molar-refractivity contribution in [3.8, 4) is 5.75 Å². The monoisotopic (exact) mass is 544 g/mol. The van der Waals surface area contributed by atoms with Crippen molar-refractivity contribution in [2.45, 2.75) is 24.3 Å². The second-order valence-electron chi connectivity index (χ2n) is 6.81. The highest BCUT2D eigenvalue weighted by Gasteiger charge is 2.32. The zero-order valence-electron chi connectivity index (χ0n) is 15.9. The standard InChI is InChI=1S/C20H22Br2N2O4S/c1-28-19-5-3-2-4-15(19)13-23-20(25)14-6-8-24(9-7-14)29(26,27)18-11-16(21)10-17(22)12-18/h2-5,10-12,14H,6-9,13H2,1H3,(H,23,25). The summed E-state index contributed by atoms with van der Waals surface area (Å²) in [5.74, 6) is 0.470. The van der Waals surface area contributed by atoms with E-state index in [0.29, 0.717) is 41.4 Å². The topological polar surface area (TPSA) is 75.7 Å². The summed E-state index contributed by atoms with van der Waals surface area (Å²) in [6.45, 7) is 1.02. The Bertz CT molecular complexity index is 969. The van der Waals surface area contributed by atoms with Gasteiger partial charge in [-0.25, -0.2) is 8.42 Å². The number of carbonyl (C=O) groups excluding carboxylic acids is 1. The molecule has 29 heavy (non-hydrogen) atoms. The van der Waals surface area contributed by atoms with Crippen LogP contribution in [0.15, 0.2) is 56.3 Å². The van der Waals surface area contributed by atoms with E-state index in [-0.39, 0.29) is 16.7 Å². The summed E-state index contributed by atoms with van der Waals surface area (Å²) in [5.41, 5.74) is 0.906. The molecule has 1 saturated heterocycles. The number of carbonyl (C=O) groups is 1. The average molecular weight is 546 g/mol. The smallest absolute Gasteiger partial charge is 0.243 e. The van der Waals surface area contributed by atoms with Crippen molar-refractivity contribution in [1.29, 1.82) is 0 Å². The summed E-state index contributed by atoms with van der Waals surface area (Å²) in [4.78, 5) is 12.8. The quantitative estimate of drug-likeness (QED) is 0.596. The van der Waals surface area contributed by atoms with E-state index in [1.54, 1.807) is 25.3 Å². The molecule has 1 fully saturated rings. The first kappa shape index (κ1) is 22.3. The molecule has 1 heterocycles. The van der Waals surface area contributed by atoms with Crippen LogP contribution in [0.2, 0.25) is 0 Å². The maximum atomic E-state index is 12.9. The number of para-hydroxylation sites is 1. The van der Waals surface area contributed by atoms with Crippen molar-refractivity contribution in [3.05, 3.63) is 57.0 Å². The van der Waals surface area contributed by atoms with E-state index in [4.69, 9.17) is 4.74 Å². The van der Waals surface area contributed by atoms with Gasteiger partial charge in [0.15, 0.2) is 0 Å². The van der Waals surface area contributed by atoms with E-state index in [2.05, 4.69) is 37.2 Å². The van der Waals surface area contributed by atoms with E-state index in [1.165, 1.54) is 4.31 Å². The highest BCUT2D eigenvalue weighted by atomic mass is 79.9. The third-order valence-electron chi connectivity index (χ3n) is 4.94. The molecule has 0 atom stereocenters. The van der Waals surface area contributed by atoms with Crippen LogP contribution in [-0.4, -0.2) is 38.8 Å². The Balaban J connectivity index is 1.59. The number of hydrogen-bond donors (Lipinski definition) is 1. The highest BCUT2D eigenvalue weighted by molar-refractivity contribution is 9.11. The highest BCUT2D eigenvalue weighted by Crippen LogP contribution is 2.28. The molecule has 0 radical (unpaired) electrons. The average Bonchev–Trinajstić information content (AvgIpc) is 2.71. The van der Waals surface area contributed by atoms with Gasteiger partial charge in [-0.05, 0) is 37.1 Å². The van der Waals surface area contributed by atoms with Gasteiger partial charge in [0.05, 0.1) is 12.0 Å². The minimum Gasteiger partial charge on any atom is -0.496 e. The molecular weight excluding hydrogens is 524 g/mol. The zero-order chi connectivity index (χ0) is 21.0. The van der Waals surface area contributed by atoms with Gasteiger partial charge in [-0.3, -0.25) is 4.79 Å². The van der Waals surface area contributed by atoms with Gasteiger partial charge >= 0.3 is 0 Å². The molecule has 2 aromatic rings. The van der Waals surface area contributed by atoms with Gasteiger partial charge in [-0.2, -0.15) is 4.31 Å². The fourth-order valence-electron chi connectivity index (χ4n) is 3.36. The lowest BCUT2D eigenvalue weighted by molar-refractivity contribution is -0.126. The predicted octanol–water partition coefficient (Wildman–Crippen LogP) is 3.94. The van der Waals surface area contributed by atoms with Crippen LogP contribution in [0.25, 0.3) is 0 Å². The molecule has 0 aliphatic carbocycles. The molecule has 0 bridgehead atoms. The molecule has 1 amide bonds. The molecule has 6 nitrogen and oxygen atoms in total. The number of sulfonamides is 1. The maximum absolute atomic E-state index is 12.9. The number of nitrogens with one attached hydrogen (secondary N) is 1. The van der Waals surface area contributed by atoms with Crippen LogP contribution >= 0.6 is 31.9 Å². The number of nitrogens with zero attached hydrogens (tertiary/aromatic N) is 1. The summed E-state index contributed by atoms with van der Waals surface area (Å²) >= 11 is 6.66. The van der Waals surface area contributed by atoms with E-state index in [9.17, 15) is 13.2 Å². The number of halogens is 2. The van der Waals surface area contributed by atoms with Crippen molar-refractivity contribution in [2.24, 2.45) is 5.92 Å². The molecule has 1 aliphatic rings. The van der Waals surface area contributed by atoms with Gasteiger partial charge in [0.1, 0.15) is 5.75 Å². The number of benzene rings is 2. The lowest BCUT2D eigenvalue weighted by atomic mass is 9.97. The van der Waals surface area contributed by atoms with Gasteiger partial charge < -0.3 is 10.1 Å². The first-order valence-electron chi connectivity index (χ1n) is 9.17. The van der Waals surface area contributed by atoms with Gasteiger partial charge in [0.25, 0.3) is 0 Å². The fourth-order valence-corrected chi connectivity index (χ4v) is 6.50. The Labute approximate surface area is 187 Å². The summed E-state index contributed by atoms with van der Waals surface area (Å²) in [5, 5.41) is 2.94. The Morgan fingerprint density at radius 3 is 2.38 bits per heavy atom. The molecule has 1 N–H and O–H groups in total. The number of hydrogen-bond acceptors (Lipinski definition) is 4. The molecule has 0 unspecified atom stereocenters. The first-order valence-corrected chi connectivity index (χ1v) is 12.2. The maximum Gasteiger partial charge on any atom is 0.243 e. The Kier molecular flexibility index (Phi) is 7.37. The second-order valence-corrected chi connectivity index (χ2v) is 10.6. The molecule has 3 rings (SSSR count). The molecular formula is C20H22Br2N2O4S.